The zero-order chi connectivity index (χ0) is 18.5. The van der Waals surface area contributed by atoms with Gasteiger partial charge in [-0.3, -0.25) is 14.4 Å². The predicted octanol–water partition coefficient (Wildman–Crippen LogP) is 2.72. The van der Waals surface area contributed by atoms with Crippen LogP contribution in [-0.4, -0.2) is 23.8 Å². The average molecular weight is 351 g/mol. The molecule has 0 fully saturated rings. The zero-order valence-corrected chi connectivity index (χ0v) is 14.5. The summed E-state index contributed by atoms with van der Waals surface area (Å²) < 4.78 is 0. The number of benzene rings is 2. The third-order valence-corrected chi connectivity index (χ3v) is 4.36. The Hall–Kier alpha value is -3.15. The molecule has 0 bridgehead atoms. The standard InChI is InChI=1S/C20H21N3O3/c1-2-13-7-9-14(10-8-13)21-18(24)12-11-17-20(26)22-16-6-4-3-5-15(16)19(25)23-17/h3-10,17H,2,11-12H2,1H3,(H,21,24)(H,22,26)(H,23,25)/t17-/m0/s1. The minimum absolute atomic E-state index is 0.129. The molecule has 0 saturated heterocycles. The first-order valence-electron chi connectivity index (χ1n) is 8.66. The highest BCUT2D eigenvalue weighted by atomic mass is 16.2. The highest BCUT2D eigenvalue weighted by Crippen LogP contribution is 2.19. The van der Waals surface area contributed by atoms with Crippen molar-refractivity contribution in [2.45, 2.75) is 32.2 Å². The van der Waals surface area contributed by atoms with Crippen LogP contribution in [-0.2, 0) is 16.0 Å². The number of aryl methyl sites for hydroxylation is 1. The topological polar surface area (TPSA) is 87.3 Å². The second-order valence-corrected chi connectivity index (χ2v) is 6.20. The van der Waals surface area contributed by atoms with Crippen molar-refractivity contribution in [1.29, 1.82) is 0 Å². The molecule has 1 atom stereocenters. The second-order valence-electron chi connectivity index (χ2n) is 6.20. The van der Waals surface area contributed by atoms with Crippen molar-refractivity contribution in [3.63, 3.8) is 0 Å². The monoisotopic (exact) mass is 351 g/mol. The first kappa shape index (κ1) is 17.7. The van der Waals surface area contributed by atoms with Gasteiger partial charge in [0.05, 0.1) is 11.3 Å². The van der Waals surface area contributed by atoms with Crippen molar-refractivity contribution in [2.24, 2.45) is 0 Å². The summed E-state index contributed by atoms with van der Waals surface area (Å²) in [4.78, 5) is 36.7. The molecule has 2 aromatic rings. The number of carbonyl (C=O) groups is 3. The Kier molecular flexibility index (Phi) is 5.31. The molecule has 0 aliphatic carbocycles. The van der Waals surface area contributed by atoms with Crippen LogP contribution >= 0.6 is 0 Å². The largest absolute Gasteiger partial charge is 0.340 e. The summed E-state index contributed by atoms with van der Waals surface area (Å²) in [5.41, 5.74) is 2.82. The summed E-state index contributed by atoms with van der Waals surface area (Å²) in [5.74, 6) is -0.832. The van der Waals surface area contributed by atoms with E-state index in [0.29, 0.717) is 16.9 Å². The molecular formula is C20H21N3O3. The molecule has 6 nitrogen and oxygen atoms in total. The smallest absolute Gasteiger partial charge is 0.254 e. The molecule has 0 spiro atoms. The predicted molar refractivity (Wildman–Crippen MR) is 100 cm³/mol. The molecule has 134 valence electrons. The summed E-state index contributed by atoms with van der Waals surface area (Å²) in [6, 6.07) is 13.7. The Morgan fingerprint density at radius 3 is 2.54 bits per heavy atom. The number of hydrogen-bond acceptors (Lipinski definition) is 3. The molecule has 1 aliphatic rings. The van der Waals surface area contributed by atoms with Crippen LogP contribution in [0.4, 0.5) is 11.4 Å². The summed E-state index contributed by atoms with van der Waals surface area (Å²) in [7, 11) is 0. The fourth-order valence-corrected chi connectivity index (χ4v) is 2.84. The van der Waals surface area contributed by atoms with Gasteiger partial charge in [0.2, 0.25) is 11.8 Å². The van der Waals surface area contributed by atoms with Crippen LogP contribution in [0.2, 0.25) is 0 Å². The number of rotatable bonds is 5. The van der Waals surface area contributed by atoms with Crippen LogP contribution in [0.1, 0.15) is 35.7 Å². The van der Waals surface area contributed by atoms with Crippen LogP contribution in [0.25, 0.3) is 0 Å². The van der Waals surface area contributed by atoms with Gasteiger partial charge in [0.1, 0.15) is 6.04 Å². The number of amides is 3. The molecule has 0 aromatic heterocycles. The van der Waals surface area contributed by atoms with Gasteiger partial charge in [-0.2, -0.15) is 0 Å². The number of fused-ring (bicyclic) bond motifs is 1. The van der Waals surface area contributed by atoms with Gasteiger partial charge in [0.15, 0.2) is 0 Å². The minimum atomic E-state index is -0.747. The van der Waals surface area contributed by atoms with Crippen molar-refractivity contribution in [2.75, 3.05) is 10.6 Å². The quantitative estimate of drug-likeness (QED) is 0.774. The molecule has 26 heavy (non-hydrogen) atoms. The highest BCUT2D eigenvalue weighted by Gasteiger charge is 2.27. The Morgan fingerprint density at radius 2 is 1.81 bits per heavy atom. The minimum Gasteiger partial charge on any atom is -0.340 e. The molecule has 3 amide bonds. The van der Waals surface area contributed by atoms with Crippen molar-refractivity contribution in [1.82, 2.24) is 5.32 Å². The lowest BCUT2D eigenvalue weighted by Gasteiger charge is -2.14. The van der Waals surface area contributed by atoms with Gasteiger partial charge < -0.3 is 16.0 Å². The van der Waals surface area contributed by atoms with Crippen molar-refractivity contribution < 1.29 is 14.4 Å². The molecule has 0 unspecified atom stereocenters. The van der Waals surface area contributed by atoms with Gasteiger partial charge in [0, 0.05) is 12.1 Å². The second kappa shape index (κ2) is 7.82. The number of carbonyl (C=O) groups excluding carboxylic acids is 3. The molecule has 2 aromatic carbocycles. The third kappa shape index (κ3) is 4.08. The molecule has 1 heterocycles. The van der Waals surface area contributed by atoms with Crippen LogP contribution in [0, 0.1) is 0 Å². The number of para-hydroxylation sites is 1. The molecule has 6 heteroatoms. The fourth-order valence-electron chi connectivity index (χ4n) is 2.84. The Labute approximate surface area is 152 Å². The number of hydrogen-bond donors (Lipinski definition) is 3. The van der Waals surface area contributed by atoms with Crippen LogP contribution in [0.3, 0.4) is 0 Å². The average Bonchev–Trinajstić information content (AvgIpc) is 2.77. The molecule has 3 N–H and O–H groups in total. The maximum absolute atomic E-state index is 12.3. The van der Waals surface area contributed by atoms with Gasteiger partial charge in [-0.1, -0.05) is 31.2 Å². The molecular weight excluding hydrogens is 330 g/mol. The van der Waals surface area contributed by atoms with Crippen LogP contribution in [0.5, 0.6) is 0 Å². The van der Waals surface area contributed by atoms with Gasteiger partial charge in [0.25, 0.3) is 5.91 Å². The third-order valence-electron chi connectivity index (χ3n) is 4.36. The maximum Gasteiger partial charge on any atom is 0.254 e. The first-order chi connectivity index (χ1) is 12.6. The summed E-state index contributed by atoms with van der Waals surface area (Å²) in [5, 5.41) is 8.23. The van der Waals surface area contributed by atoms with Crippen LogP contribution < -0.4 is 16.0 Å². The molecule has 3 rings (SSSR count). The van der Waals surface area contributed by atoms with Gasteiger partial charge in [-0.25, -0.2) is 0 Å². The Balaban J connectivity index is 1.58. The molecule has 1 aliphatic heterocycles. The van der Waals surface area contributed by atoms with Crippen molar-refractivity contribution in [3.05, 3.63) is 59.7 Å². The zero-order valence-electron chi connectivity index (χ0n) is 14.5. The van der Waals surface area contributed by atoms with E-state index in [4.69, 9.17) is 0 Å². The van der Waals surface area contributed by atoms with E-state index in [1.54, 1.807) is 24.3 Å². The van der Waals surface area contributed by atoms with E-state index < -0.39 is 6.04 Å². The lowest BCUT2D eigenvalue weighted by Crippen LogP contribution is -2.41. The molecule has 0 radical (unpaired) electrons. The Morgan fingerprint density at radius 1 is 1.08 bits per heavy atom. The lowest BCUT2D eigenvalue weighted by molar-refractivity contribution is -0.118. The van der Waals surface area contributed by atoms with Gasteiger partial charge in [-0.05, 0) is 42.7 Å². The van der Waals surface area contributed by atoms with E-state index in [0.717, 1.165) is 6.42 Å². The highest BCUT2D eigenvalue weighted by molar-refractivity contribution is 6.09. The van der Waals surface area contributed by atoms with Crippen LogP contribution in [0.15, 0.2) is 48.5 Å². The molecule has 0 saturated carbocycles. The lowest BCUT2D eigenvalue weighted by atomic mass is 10.1. The van der Waals surface area contributed by atoms with E-state index in [9.17, 15) is 14.4 Å². The van der Waals surface area contributed by atoms with E-state index >= 15 is 0 Å². The van der Waals surface area contributed by atoms with E-state index in [1.165, 1.54) is 5.56 Å². The van der Waals surface area contributed by atoms with E-state index in [2.05, 4.69) is 22.9 Å². The SMILES string of the molecule is CCc1ccc(NC(=O)CC[C@@H]2NC(=O)c3ccccc3NC2=O)cc1. The first-order valence-corrected chi connectivity index (χ1v) is 8.66. The van der Waals surface area contributed by atoms with Gasteiger partial charge >= 0.3 is 0 Å². The maximum atomic E-state index is 12.3. The van der Waals surface area contributed by atoms with Gasteiger partial charge in [-0.15, -0.1) is 0 Å². The fraction of sp³-hybridized carbons (Fsp3) is 0.250. The number of anilines is 2. The van der Waals surface area contributed by atoms with E-state index in [1.807, 2.05) is 24.3 Å². The summed E-state index contributed by atoms with van der Waals surface area (Å²) in [6.45, 7) is 2.07. The number of nitrogens with one attached hydrogen (secondary N) is 3. The van der Waals surface area contributed by atoms with E-state index in [-0.39, 0.29) is 30.6 Å². The summed E-state index contributed by atoms with van der Waals surface area (Å²) in [6.07, 6.45) is 1.29. The van der Waals surface area contributed by atoms with Crippen molar-refractivity contribution >= 4 is 29.1 Å². The Bertz CT molecular complexity index is 830. The normalized spacial score (nSPS) is 16.1. The summed E-state index contributed by atoms with van der Waals surface area (Å²) >= 11 is 0. The van der Waals surface area contributed by atoms with Crippen molar-refractivity contribution in [3.8, 4) is 0 Å².